The lowest BCUT2D eigenvalue weighted by atomic mass is 9.93. The lowest BCUT2D eigenvalue weighted by Crippen LogP contribution is -2.39. The number of hydrogen-bond acceptors (Lipinski definition) is 2. The molecule has 1 saturated heterocycles. The minimum absolute atomic E-state index is 0.195. The molecule has 0 N–H and O–H groups in total. The summed E-state index contributed by atoms with van der Waals surface area (Å²) < 4.78 is 0. The van der Waals surface area contributed by atoms with Crippen molar-refractivity contribution in [1.82, 2.24) is 4.90 Å². The van der Waals surface area contributed by atoms with Crippen LogP contribution in [-0.2, 0) is 9.59 Å². The molecule has 3 heteroatoms. The smallest absolute Gasteiger partial charge is 0.222 e. The summed E-state index contributed by atoms with van der Waals surface area (Å²) in [4.78, 5) is 24.2. The van der Waals surface area contributed by atoms with Crippen LogP contribution in [0.2, 0.25) is 0 Å². The van der Waals surface area contributed by atoms with Crippen LogP contribution in [-0.4, -0.2) is 29.7 Å². The highest BCUT2D eigenvalue weighted by molar-refractivity contribution is 5.79. The topological polar surface area (TPSA) is 37.4 Å². The number of likely N-dealkylation sites (tertiary alicyclic amines) is 1. The predicted octanol–water partition coefficient (Wildman–Crippen LogP) is 1.22. The Kier molecular flexibility index (Phi) is 3.46. The Labute approximate surface area is 79.1 Å². The molecule has 0 aliphatic carbocycles. The van der Waals surface area contributed by atoms with E-state index in [0.29, 0.717) is 6.42 Å². The number of rotatable bonds is 2. The van der Waals surface area contributed by atoms with Gasteiger partial charge in [-0.15, -0.1) is 0 Å². The number of nitrogens with zero attached hydrogens (tertiary/aromatic N) is 1. The molecule has 3 nitrogen and oxygen atoms in total. The Bertz CT molecular complexity index is 205. The summed E-state index contributed by atoms with van der Waals surface area (Å²) >= 11 is 0. The molecule has 0 spiro atoms. The number of Topliss-reactive ketones (excluding diaryl/α,β-unsaturated/α-hetero) is 1. The van der Waals surface area contributed by atoms with Gasteiger partial charge < -0.3 is 4.90 Å². The van der Waals surface area contributed by atoms with Gasteiger partial charge in [0.2, 0.25) is 5.91 Å². The third-order valence-electron chi connectivity index (χ3n) is 2.73. The summed E-state index contributed by atoms with van der Waals surface area (Å²) in [7, 11) is 0. The Hall–Kier alpha value is -0.860. The van der Waals surface area contributed by atoms with Gasteiger partial charge in [0.05, 0.1) is 0 Å². The minimum atomic E-state index is 0.195. The summed E-state index contributed by atoms with van der Waals surface area (Å²) in [5.41, 5.74) is 0. The molecule has 0 aromatic heterocycles. The third kappa shape index (κ3) is 2.54. The largest absolute Gasteiger partial charge is 0.343 e. The van der Waals surface area contributed by atoms with Crippen LogP contribution in [0, 0.1) is 5.92 Å². The van der Waals surface area contributed by atoms with E-state index in [2.05, 4.69) is 0 Å². The fraction of sp³-hybridized carbons (Fsp3) is 0.800. The van der Waals surface area contributed by atoms with Gasteiger partial charge in [-0.25, -0.2) is 0 Å². The molecule has 74 valence electrons. The molecule has 1 fully saturated rings. The van der Waals surface area contributed by atoms with Gasteiger partial charge in [0.1, 0.15) is 5.78 Å². The van der Waals surface area contributed by atoms with E-state index in [4.69, 9.17) is 0 Å². The standard InChI is InChI=1S/C10H17NO2/c1-3-10(13)11-6-4-9(5-7-11)8(2)12/h9H,3-7H2,1-2H3. The molecule has 0 aromatic rings. The first-order chi connectivity index (χ1) is 6.15. The maximum absolute atomic E-state index is 11.3. The number of carbonyl (C=O) groups is 2. The molecule has 13 heavy (non-hydrogen) atoms. The molecule has 0 aromatic carbocycles. The van der Waals surface area contributed by atoms with Crippen LogP contribution in [0.1, 0.15) is 33.1 Å². The summed E-state index contributed by atoms with van der Waals surface area (Å²) in [5.74, 6) is 0.673. The molecule has 1 aliphatic rings. The van der Waals surface area contributed by atoms with Crippen LogP contribution < -0.4 is 0 Å². The van der Waals surface area contributed by atoms with E-state index in [1.54, 1.807) is 6.92 Å². The van der Waals surface area contributed by atoms with Crippen molar-refractivity contribution >= 4 is 11.7 Å². The maximum Gasteiger partial charge on any atom is 0.222 e. The van der Waals surface area contributed by atoms with E-state index in [9.17, 15) is 9.59 Å². The Morgan fingerprint density at radius 3 is 2.23 bits per heavy atom. The zero-order chi connectivity index (χ0) is 9.84. The van der Waals surface area contributed by atoms with E-state index in [0.717, 1.165) is 25.9 Å². The number of piperidine rings is 1. The SMILES string of the molecule is CCC(=O)N1CCC(C(C)=O)CC1. The zero-order valence-corrected chi connectivity index (χ0v) is 8.38. The van der Waals surface area contributed by atoms with Crippen molar-refractivity contribution in [2.45, 2.75) is 33.1 Å². The van der Waals surface area contributed by atoms with Crippen LogP contribution in [0.15, 0.2) is 0 Å². The molecule has 0 radical (unpaired) electrons. The number of hydrogen-bond donors (Lipinski definition) is 0. The van der Waals surface area contributed by atoms with Gasteiger partial charge in [-0.05, 0) is 19.8 Å². The van der Waals surface area contributed by atoms with Gasteiger partial charge >= 0.3 is 0 Å². The van der Waals surface area contributed by atoms with Crippen LogP contribution in [0.4, 0.5) is 0 Å². The highest BCUT2D eigenvalue weighted by Crippen LogP contribution is 2.18. The lowest BCUT2D eigenvalue weighted by Gasteiger charge is -2.30. The second-order valence-corrected chi connectivity index (χ2v) is 3.62. The van der Waals surface area contributed by atoms with E-state index in [-0.39, 0.29) is 17.6 Å². The van der Waals surface area contributed by atoms with E-state index < -0.39 is 0 Å². The molecule has 0 saturated carbocycles. The van der Waals surface area contributed by atoms with Gasteiger partial charge in [-0.3, -0.25) is 9.59 Å². The molecule has 0 atom stereocenters. The second-order valence-electron chi connectivity index (χ2n) is 3.62. The molecule has 1 amide bonds. The van der Waals surface area contributed by atoms with E-state index in [1.165, 1.54) is 0 Å². The van der Waals surface area contributed by atoms with Crippen LogP contribution >= 0.6 is 0 Å². The molecule has 1 aliphatic heterocycles. The maximum atomic E-state index is 11.3. The van der Waals surface area contributed by atoms with Crippen molar-refractivity contribution in [2.24, 2.45) is 5.92 Å². The number of amides is 1. The number of carbonyl (C=O) groups excluding carboxylic acids is 2. The van der Waals surface area contributed by atoms with E-state index in [1.807, 2.05) is 11.8 Å². The van der Waals surface area contributed by atoms with Crippen molar-refractivity contribution < 1.29 is 9.59 Å². The third-order valence-corrected chi connectivity index (χ3v) is 2.73. The van der Waals surface area contributed by atoms with Crippen molar-refractivity contribution in [2.75, 3.05) is 13.1 Å². The van der Waals surface area contributed by atoms with E-state index >= 15 is 0 Å². The highest BCUT2D eigenvalue weighted by atomic mass is 16.2. The minimum Gasteiger partial charge on any atom is -0.343 e. The van der Waals surface area contributed by atoms with Gasteiger partial charge in [0.25, 0.3) is 0 Å². The first-order valence-corrected chi connectivity index (χ1v) is 4.93. The molecule has 0 unspecified atom stereocenters. The molecular formula is C10H17NO2. The molecule has 0 bridgehead atoms. The summed E-state index contributed by atoms with van der Waals surface area (Å²) in [5, 5.41) is 0. The monoisotopic (exact) mass is 183 g/mol. The fourth-order valence-electron chi connectivity index (χ4n) is 1.76. The zero-order valence-electron chi connectivity index (χ0n) is 8.38. The average Bonchev–Trinajstić information content (AvgIpc) is 2.17. The van der Waals surface area contributed by atoms with Crippen molar-refractivity contribution in [3.8, 4) is 0 Å². The fourth-order valence-corrected chi connectivity index (χ4v) is 1.76. The van der Waals surface area contributed by atoms with Gasteiger partial charge in [0, 0.05) is 25.4 Å². The quantitative estimate of drug-likeness (QED) is 0.645. The van der Waals surface area contributed by atoms with Crippen molar-refractivity contribution in [3.63, 3.8) is 0 Å². The second kappa shape index (κ2) is 4.40. The predicted molar refractivity (Wildman–Crippen MR) is 50.3 cm³/mol. The Morgan fingerprint density at radius 2 is 1.85 bits per heavy atom. The molecule has 1 heterocycles. The normalized spacial score (nSPS) is 18.8. The highest BCUT2D eigenvalue weighted by Gasteiger charge is 2.23. The van der Waals surface area contributed by atoms with Gasteiger partial charge in [-0.1, -0.05) is 6.92 Å². The number of ketones is 1. The average molecular weight is 183 g/mol. The molecule has 1 rings (SSSR count). The van der Waals surface area contributed by atoms with Crippen LogP contribution in [0.5, 0.6) is 0 Å². The van der Waals surface area contributed by atoms with Crippen LogP contribution in [0.25, 0.3) is 0 Å². The Balaban J connectivity index is 2.39. The first kappa shape index (κ1) is 10.2. The summed E-state index contributed by atoms with van der Waals surface area (Å²) in [6.07, 6.45) is 2.27. The van der Waals surface area contributed by atoms with Crippen LogP contribution in [0.3, 0.4) is 0 Å². The lowest BCUT2D eigenvalue weighted by molar-refractivity contribution is -0.134. The van der Waals surface area contributed by atoms with Gasteiger partial charge in [-0.2, -0.15) is 0 Å². The molecular weight excluding hydrogens is 166 g/mol. The first-order valence-electron chi connectivity index (χ1n) is 4.93. The van der Waals surface area contributed by atoms with Crippen molar-refractivity contribution in [1.29, 1.82) is 0 Å². The van der Waals surface area contributed by atoms with Gasteiger partial charge in [0.15, 0.2) is 0 Å². The summed E-state index contributed by atoms with van der Waals surface area (Å²) in [6.45, 7) is 5.04. The Morgan fingerprint density at radius 1 is 1.31 bits per heavy atom. The summed E-state index contributed by atoms with van der Waals surface area (Å²) in [6, 6.07) is 0. The van der Waals surface area contributed by atoms with Crippen molar-refractivity contribution in [3.05, 3.63) is 0 Å².